The van der Waals surface area contributed by atoms with E-state index in [0.29, 0.717) is 22.6 Å². The van der Waals surface area contributed by atoms with Crippen molar-refractivity contribution < 1.29 is 4.74 Å². The van der Waals surface area contributed by atoms with Gasteiger partial charge in [-0.05, 0) is 31.0 Å². The van der Waals surface area contributed by atoms with Gasteiger partial charge >= 0.3 is 0 Å². The minimum Gasteiger partial charge on any atom is -0.495 e. The summed E-state index contributed by atoms with van der Waals surface area (Å²) in [7, 11) is 1.62. The van der Waals surface area contributed by atoms with Gasteiger partial charge in [-0.15, -0.1) is 0 Å². The van der Waals surface area contributed by atoms with Crippen LogP contribution in [0.4, 0.5) is 11.5 Å². The van der Waals surface area contributed by atoms with Crippen LogP contribution >= 0.6 is 11.6 Å². The van der Waals surface area contributed by atoms with Gasteiger partial charge in [-0.1, -0.05) is 11.6 Å². The molecule has 1 aliphatic carbocycles. The molecule has 0 atom stereocenters. The molecule has 0 amide bonds. The fourth-order valence-corrected chi connectivity index (χ4v) is 2.64. The fourth-order valence-electron chi connectivity index (χ4n) is 2.47. The molecule has 1 saturated carbocycles. The second-order valence-corrected chi connectivity index (χ2v) is 5.68. The van der Waals surface area contributed by atoms with Crippen molar-refractivity contribution in [2.75, 3.05) is 12.4 Å². The average Bonchev–Trinajstić information content (AvgIpc) is 3.27. The monoisotopic (exact) mass is 315 g/mol. The SMILES string of the molecule is COc1ccc(Cl)cc1Nc1ncnc2c1ncn2C1CC1. The molecule has 22 heavy (non-hydrogen) atoms. The highest BCUT2D eigenvalue weighted by atomic mass is 35.5. The summed E-state index contributed by atoms with van der Waals surface area (Å²) in [4.78, 5) is 13.1. The first kappa shape index (κ1) is 13.3. The molecule has 1 aromatic carbocycles. The van der Waals surface area contributed by atoms with Crippen LogP contribution in [-0.4, -0.2) is 26.6 Å². The van der Waals surface area contributed by atoms with Gasteiger partial charge in [0.2, 0.25) is 0 Å². The van der Waals surface area contributed by atoms with Crippen LogP contribution in [0.5, 0.6) is 5.75 Å². The molecule has 0 unspecified atom stereocenters. The molecule has 3 aromatic rings. The number of methoxy groups -OCH3 is 1. The number of hydrogen-bond donors (Lipinski definition) is 1. The van der Waals surface area contributed by atoms with Gasteiger partial charge in [0.25, 0.3) is 0 Å². The fraction of sp³-hybridized carbons (Fsp3) is 0.267. The van der Waals surface area contributed by atoms with Crippen LogP contribution < -0.4 is 10.1 Å². The van der Waals surface area contributed by atoms with E-state index in [0.717, 1.165) is 16.9 Å². The summed E-state index contributed by atoms with van der Waals surface area (Å²) >= 11 is 6.06. The number of hydrogen-bond acceptors (Lipinski definition) is 5. The van der Waals surface area contributed by atoms with Crippen molar-refractivity contribution in [3.63, 3.8) is 0 Å². The number of anilines is 2. The molecule has 7 heteroatoms. The van der Waals surface area contributed by atoms with E-state index in [1.54, 1.807) is 25.6 Å². The van der Waals surface area contributed by atoms with Crippen LogP contribution in [0.15, 0.2) is 30.9 Å². The molecule has 2 aromatic heterocycles. The maximum absolute atomic E-state index is 6.06. The quantitative estimate of drug-likeness (QED) is 0.797. The Hall–Kier alpha value is -2.34. The first-order valence-electron chi connectivity index (χ1n) is 7.04. The Labute approximate surface area is 132 Å². The molecule has 1 aliphatic rings. The number of halogens is 1. The number of benzene rings is 1. The summed E-state index contributed by atoms with van der Waals surface area (Å²) in [5.74, 6) is 1.34. The van der Waals surface area contributed by atoms with Gasteiger partial charge in [-0.2, -0.15) is 0 Å². The Morgan fingerprint density at radius 2 is 2.14 bits per heavy atom. The predicted octanol–water partition coefficient (Wildman–Crippen LogP) is 3.57. The molecule has 1 N–H and O–H groups in total. The largest absolute Gasteiger partial charge is 0.495 e. The zero-order valence-electron chi connectivity index (χ0n) is 12.0. The van der Waals surface area contributed by atoms with E-state index < -0.39 is 0 Å². The van der Waals surface area contributed by atoms with Gasteiger partial charge < -0.3 is 14.6 Å². The van der Waals surface area contributed by atoms with E-state index in [1.807, 2.05) is 12.4 Å². The minimum absolute atomic E-state index is 0.522. The molecule has 0 saturated heterocycles. The van der Waals surface area contributed by atoms with Gasteiger partial charge in [-0.3, -0.25) is 0 Å². The second kappa shape index (κ2) is 5.14. The lowest BCUT2D eigenvalue weighted by Crippen LogP contribution is -1.99. The van der Waals surface area contributed by atoms with Crippen LogP contribution in [0.1, 0.15) is 18.9 Å². The van der Waals surface area contributed by atoms with E-state index in [4.69, 9.17) is 16.3 Å². The molecule has 6 nitrogen and oxygen atoms in total. The van der Waals surface area contributed by atoms with Crippen LogP contribution in [0.2, 0.25) is 5.02 Å². The topological polar surface area (TPSA) is 64.9 Å². The van der Waals surface area contributed by atoms with Gasteiger partial charge in [0.15, 0.2) is 17.0 Å². The third-order valence-corrected chi connectivity index (χ3v) is 3.95. The highest BCUT2D eigenvalue weighted by Gasteiger charge is 2.26. The maximum Gasteiger partial charge on any atom is 0.165 e. The third kappa shape index (κ3) is 2.25. The standard InChI is InChI=1S/C15H14ClN5O/c1-22-12-5-2-9(16)6-11(12)20-14-13-15(18-7-17-14)21(8-19-13)10-3-4-10/h2,5-8,10H,3-4H2,1H3,(H,17,18,20). The Morgan fingerprint density at radius 1 is 1.27 bits per heavy atom. The second-order valence-electron chi connectivity index (χ2n) is 5.25. The van der Waals surface area contributed by atoms with E-state index >= 15 is 0 Å². The number of imidazole rings is 1. The number of fused-ring (bicyclic) bond motifs is 1. The average molecular weight is 316 g/mol. The van der Waals surface area contributed by atoms with E-state index in [-0.39, 0.29) is 0 Å². The van der Waals surface area contributed by atoms with Gasteiger partial charge in [0.05, 0.1) is 19.1 Å². The highest BCUT2D eigenvalue weighted by Crippen LogP contribution is 2.38. The van der Waals surface area contributed by atoms with Crippen molar-refractivity contribution in [2.45, 2.75) is 18.9 Å². The van der Waals surface area contributed by atoms with Crippen LogP contribution in [0.3, 0.4) is 0 Å². The zero-order chi connectivity index (χ0) is 15.1. The first-order chi connectivity index (χ1) is 10.8. The number of nitrogens with one attached hydrogen (secondary N) is 1. The van der Waals surface area contributed by atoms with Gasteiger partial charge in [0, 0.05) is 11.1 Å². The summed E-state index contributed by atoms with van der Waals surface area (Å²) < 4.78 is 7.46. The van der Waals surface area contributed by atoms with Crippen LogP contribution in [0.25, 0.3) is 11.2 Å². The molecule has 112 valence electrons. The number of nitrogens with zero attached hydrogens (tertiary/aromatic N) is 4. The highest BCUT2D eigenvalue weighted by molar-refractivity contribution is 6.31. The predicted molar refractivity (Wildman–Crippen MR) is 84.9 cm³/mol. The van der Waals surface area contributed by atoms with E-state index in [9.17, 15) is 0 Å². The van der Waals surface area contributed by atoms with Gasteiger partial charge in [0.1, 0.15) is 12.1 Å². The van der Waals surface area contributed by atoms with Crippen molar-refractivity contribution in [1.82, 2.24) is 19.5 Å². The lowest BCUT2D eigenvalue weighted by atomic mass is 10.3. The Bertz CT molecular complexity index is 843. The van der Waals surface area contributed by atoms with Crippen molar-refractivity contribution in [3.8, 4) is 5.75 Å². The molecular weight excluding hydrogens is 302 g/mol. The summed E-state index contributed by atoms with van der Waals surface area (Å²) in [5, 5.41) is 3.87. The number of aromatic nitrogens is 4. The number of ether oxygens (including phenoxy) is 1. The molecule has 4 rings (SSSR count). The van der Waals surface area contributed by atoms with Crippen molar-refractivity contribution in [3.05, 3.63) is 35.9 Å². The van der Waals surface area contributed by atoms with Crippen molar-refractivity contribution in [1.29, 1.82) is 0 Å². The van der Waals surface area contributed by atoms with Crippen molar-refractivity contribution >= 4 is 34.3 Å². The number of rotatable bonds is 4. The molecule has 0 aliphatic heterocycles. The molecule has 1 fully saturated rings. The normalized spacial score (nSPS) is 14.3. The first-order valence-corrected chi connectivity index (χ1v) is 7.42. The molecular formula is C15H14ClN5O. The van der Waals surface area contributed by atoms with E-state index in [1.165, 1.54) is 12.8 Å². The molecule has 2 heterocycles. The van der Waals surface area contributed by atoms with Gasteiger partial charge in [-0.25, -0.2) is 15.0 Å². The summed E-state index contributed by atoms with van der Waals surface area (Å²) in [6, 6.07) is 5.91. The molecule has 0 spiro atoms. The maximum atomic E-state index is 6.06. The van der Waals surface area contributed by atoms with Crippen molar-refractivity contribution in [2.24, 2.45) is 0 Å². The minimum atomic E-state index is 0.522. The van der Waals surface area contributed by atoms with Crippen LogP contribution in [-0.2, 0) is 0 Å². The molecule has 0 bridgehead atoms. The summed E-state index contributed by atoms with van der Waals surface area (Å²) in [6.07, 6.45) is 5.74. The lowest BCUT2D eigenvalue weighted by molar-refractivity contribution is 0.417. The van der Waals surface area contributed by atoms with E-state index in [2.05, 4.69) is 24.8 Å². The summed E-state index contributed by atoms with van der Waals surface area (Å²) in [6.45, 7) is 0. The molecule has 0 radical (unpaired) electrons. The lowest BCUT2D eigenvalue weighted by Gasteiger charge is -2.11. The summed E-state index contributed by atoms with van der Waals surface area (Å²) in [5.41, 5.74) is 2.34. The Balaban J connectivity index is 1.77. The zero-order valence-corrected chi connectivity index (χ0v) is 12.7. The smallest absolute Gasteiger partial charge is 0.165 e. The third-order valence-electron chi connectivity index (χ3n) is 3.71. The van der Waals surface area contributed by atoms with Crippen LogP contribution in [0, 0.1) is 0 Å². The Morgan fingerprint density at radius 3 is 2.91 bits per heavy atom. The Kier molecular flexibility index (Phi) is 3.11.